The minimum absolute atomic E-state index is 0.0304. The molecule has 0 bridgehead atoms. The summed E-state index contributed by atoms with van der Waals surface area (Å²) in [5.74, 6) is 0.359. The Balaban J connectivity index is 1.60. The van der Waals surface area contributed by atoms with Crippen molar-refractivity contribution in [3.63, 3.8) is 0 Å². The van der Waals surface area contributed by atoms with Crippen LogP contribution in [0, 0.1) is 5.41 Å². The molecule has 4 rings (SSSR count). The Morgan fingerprint density at radius 1 is 1.31 bits per heavy atom. The topological polar surface area (TPSA) is 92.6 Å². The maximum Gasteiger partial charge on any atom is 0.259 e. The minimum atomic E-state index is -0.109. The van der Waals surface area contributed by atoms with Crippen LogP contribution in [-0.2, 0) is 5.41 Å². The second-order valence-electron chi connectivity index (χ2n) is 7.56. The molecule has 2 heterocycles. The van der Waals surface area contributed by atoms with E-state index in [9.17, 15) is 4.79 Å². The lowest BCUT2D eigenvalue weighted by atomic mass is 9.87. The summed E-state index contributed by atoms with van der Waals surface area (Å²) in [6.45, 7) is 5.15. The number of aromatic amines is 1. The quantitative estimate of drug-likeness (QED) is 0.757. The van der Waals surface area contributed by atoms with Gasteiger partial charge in [-0.1, -0.05) is 44.2 Å². The Morgan fingerprint density at radius 3 is 2.65 bits per heavy atom. The fourth-order valence-electron chi connectivity index (χ4n) is 3.88. The molecular formula is C18H21N7O. The molecule has 0 radical (unpaired) electrons. The van der Waals surface area contributed by atoms with Crippen LogP contribution in [0.3, 0.4) is 0 Å². The third kappa shape index (κ3) is 2.49. The van der Waals surface area contributed by atoms with E-state index < -0.39 is 0 Å². The van der Waals surface area contributed by atoms with E-state index in [1.54, 1.807) is 4.90 Å². The molecule has 26 heavy (non-hydrogen) atoms. The number of carbonyl (C=O) groups is 1. The molecule has 0 unspecified atom stereocenters. The molecule has 8 nitrogen and oxygen atoms in total. The van der Waals surface area contributed by atoms with E-state index in [1.807, 2.05) is 13.1 Å². The zero-order valence-corrected chi connectivity index (χ0v) is 15.0. The zero-order valence-electron chi connectivity index (χ0n) is 15.0. The van der Waals surface area contributed by atoms with Crippen LogP contribution < -0.4 is 0 Å². The molecule has 1 atom stereocenters. The zero-order chi connectivity index (χ0) is 18.4. The van der Waals surface area contributed by atoms with Gasteiger partial charge in [0.15, 0.2) is 5.82 Å². The van der Waals surface area contributed by atoms with E-state index in [2.05, 4.69) is 63.8 Å². The molecular weight excluding hydrogens is 330 g/mol. The first-order valence-electron chi connectivity index (χ1n) is 8.52. The standard InChI is InChI=1S/C18H21N7O/c1-17(2)10-18(17,13-7-5-4-6-8-13)11-24(3)16(26)14-9-19-21-15(14)25-12-20-22-23-25/h4-9,12H,10-11H2,1-3H3,(H,19,21)/t18-/m1/s1. The SMILES string of the molecule is CN(C[C@@]1(c2ccccc2)CC1(C)C)C(=O)c1cn[nH]c1-n1cnnn1. The molecule has 8 heteroatoms. The van der Waals surface area contributed by atoms with E-state index in [0.717, 1.165) is 6.42 Å². The number of H-pyrrole nitrogens is 1. The molecule has 2 aromatic heterocycles. The van der Waals surface area contributed by atoms with E-state index in [4.69, 9.17) is 0 Å². The first-order chi connectivity index (χ1) is 12.4. The Morgan fingerprint density at radius 2 is 2.04 bits per heavy atom. The van der Waals surface area contributed by atoms with Crippen molar-refractivity contribution in [1.82, 2.24) is 35.3 Å². The molecule has 134 valence electrons. The van der Waals surface area contributed by atoms with Gasteiger partial charge in [0, 0.05) is 19.0 Å². The van der Waals surface area contributed by atoms with Gasteiger partial charge in [-0.2, -0.15) is 9.78 Å². The summed E-state index contributed by atoms with van der Waals surface area (Å²) < 4.78 is 1.40. The van der Waals surface area contributed by atoms with Crippen LogP contribution >= 0.6 is 0 Å². The second kappa shape index (κ2) is 5.76. The Labute approximate surface area is 151 Å². The third-order valence-electron chi connectivity index (χ3n) is 5.52. The number of tetrazole rings is 1. The molecule has 1 amide bonds. The van der Waals surface area contributed by atoms with Crippen molar-refractivity contribution in [2.24, 2.45) is 5.41 Å². The van der Waals surface area contributed by atoms with Crippen LogP contribution in [0.4, 0.5) is 0 Å². The van der Waals surface area contributed by atoms with Gasteiger partial charge in [-0.05, 0) is 27.8 Å². The summed E-state index contributed by atoms with van der Waals surface area (Å²) in [4.78, 5) is 14.8. The van der Waals surface area contributed by atoms with Crippen LogP contribution in [0.1, 0.15) is 36.2 Å². The Kier molecular flexibility index (Phi) is 3.64. The van der Waals surface area contributed by atoms with E-state index in [1.165, 1.54) is 22.8 Å². The first kappa shape index (κ1) is 16.4. The van der Waals surface area contributed by atoms with E-state index in [0.29, 0.717) is 17.9 Å². The molecule has 1 aliphatic rings. The van der Waals surface area contributed by atoms with Gasteiger partial charge in [-0.25, -0.2) is 0 Å². The van der Waals surface area contributed by atoms with Crippen LogP contribution in [-0.4, -0.2) is 54.8 Å². The van der Waals surface area contributed by atoms with Gasteiger partial charge < -0.3 is 4.90 Å². The van der Waals surface area contributed by atoms with E-state index >= 15 is 0 Å². The second-order valence-corrected chi connectivity index (χ2v) is 7.56. The van der Waals surface area contributed by atoms with Crippen molar-refractivity contribution in [3.05, 3.63) is 54.0 Å². The van der Waals surface area contributed by atoms with Crippen molar-refractivity contribution in [2.45, 2.75) is 25.7 Å². The summed E-state index contributed by atoms with van der Waals surface area (Å²) in [6, 6.07) is 10.4. The largest absolute Gasteiger partial charge is 0.341 e. The monoisotopic (exact) mass is 351 g/mol. The summed E-state index contributed by atoms with van der Waals surface area (Å²) in [5.41, 5.74) is 1.84. The highest BCUT2D eigenvalue weighted by molar-refractivity contribution is 5.96. The van der Waals surface area contributed by atoms with Crippen molar-refractivity contribution >= 4 is 5.91 Å². The Bertz CT molecular complexity index is 916. The first-order valence-corrected chi connectivity index (χ1v) is 8.52. The fourth-order valence-corrected chi connectivity index (χ4v) is 3.88. The highest BCUT2D eigenvalue weighted by atomic mass is 16.2. The molecule has 3 aromatic rings. The molecule has 1 saturated carbocycles. The van der Waals surface area contributed by atoms with Gasteiger partial charge in [0.25, 0.3) is 5.91 Å². The normalized spacial score (nSPS) is 20.7. The highest BCUT2D eigenvalue weighted by Crippen LogP contribution is 2.64. The molecule has 0 spiro atoms. The van der Waals surface area contributed by atoms with Crippen LogP contribution in [0.15, 0.2) is 42.9 Å². The number of nitrogens with zero attached hydrogens (tertiary/aromatic N) is 6. The smallest absolute Gasteiger partial charge is 0.259 e. The number of aromatic nitrogens is 6. The third-order valence-corrected chi connectivity index (χ3v) is 5.52. The fraction of sp³-hybridized carbons (Fsp3) is 0.389. The molecule has 0 aliphatic heterocycles. The van der Waals surface area contributed by atoms with Gasteiger partial charge in [0.05, 0.1) is 6.20 Å². The van der Waals surface area contributed by atoms with Crippen molar-refractivity contribution in [2.75, 3.05) is 13.6 Å². The number of amides is 1. The molecule has 0 saturated heterocycles. The van der Waals surface area contributed by atoms with Crippen LogP contribution in [0.25, 0.3) is 5.82 Å². The average molecular weight is 351 g/mol. The number of likely N-dealkylation sites (N-methyl/N-ethyl adjacent to an activating group) is 1. The van der Waals surface area contributed by atoms with Gasteiger partial charge in [0.1, 0.15) is 11.9 Å². The summed E-state index contributed by atoms with van der Waals surface area (Å²) in [7, 11) is 1.83. The Hall–Kier alpha value is -3.03. The van der Waals surface area contributed by atoms with Crippen molar-refractivity contribution in [1.29, 1.82) is 0 Å². The van der Waals surface area contributed by atoms with Gasteiger partial charge in [-0.15, -0.1) is 5.10 Å². The predicted octanol–water partition coefficient (Wildman–Crippen LogP) is 1.83. The van der Waals surface area contributed by atoms with Crippen LogP contribution in [0.2, 0.25) is 0 Å². The molecule has 1 N–H and O–H groups in total. The minimum Gasteiger partial charge on any atom is -0.341 e. The lowest BCUT2D eigenvalue weighted by Gasteiger charge is -2.27. The summed E-state index contributed by atoms with van der Waals surface area (Å²) in [6.07, 6.45) is 4.00. The van der Waals surface area contributed by atoms with E-state index in [-0.39, 0.29) is 16.7 Å². The maximum atomic E-state index is 13.1. The summed E-state index contributed by atoms with van der Waals surface area (Å²) in [5, 5.41) is 17.8. The van der Waals surface area contributed by atoms with Gasteiger partial charge in [-0.3, -0.25) is 9.89 Å². The van der Waals surface area contributed by atoms with Gasteiger partial charge in [0.2, 0.25) is 0 Å². The average Bonchev–Trinajstić information content (AvgIpc) is 3.10. The number of carbonyl (C=O) groups excluding carboxylic acids is 1. The molecule has 1 aliphatic carbocycles. The predicted molar refractivity (Wildman–Crippen MR) is 94.8 cm³/mol. The lowest BCUT2D eigenvalue weighted by molar-refractivity contribution is 0.0775. The van der Waals surface area contributed by atoms with Crippen molar-refractivity contribution < 1.29 is 4.79 Å². The maximum absolute atomic E-state index is 13.1. The lowest BCUT2D eigenvalue weighted by Crippen LogP contribution is -2.37. The molecule has 1 aromatic carbocycles. The molecule has 1 fully saturated rings. The number of hydrogen-bond acceptors (Lipinski definition) is 5. The van der Waals surface area contributed by atoms with Crippen molar-refractivity contribution in [3.8, 4) is 5.82 Å². The number of rotatable bonds is 5. The van der Waals surface area contributed by atoms with Gasteiger partial charge >= 0.3 is 0 Å². The summed E-state index contributed by atoms with van der Waals surface area (Å²) >= 11 is 0. The number of nitrogens with one attached hydrogen (secondary N) is 1. The van der Waals surface area contributed by atoms with Crippen LogP contribution in [0.5, 0.6) is 0 Å². The number of benzene rings is 1. The highest BCUT2D eigenvalue weighted by Gasteiger charge is 2.62. The number of hydrogen-bond donors (Lipinski definition) is 1.